The molecule has 0 spiro atoms. The van der Waals surface area contributed by atoms with E-state index < -0.39 is 16.9 Å². The van der Waals surface area contributed by atoms with Gasteiger partial charge in [0.15, 0.2) is 0 Å². The van der Waals surface area contributed by atoms with Gasteiger partial charge in [0.1, 0.15) is 5.75 Å². The van der Waals surface area contributed by atoms with E-state index in [4.69, 9.17) is 9.84 Å². The zero-order valence-corrected chi connectivity index (χ0v) is 13.6. The molecule has 0 saturated heterocycles. The van der Waals surface area contributed by atoms with E-state index in [0.29, 0.717) is 10.0 Å². The molecule has 7 nitrogen and oxygen atoms in total. The Hall–Kier alpha value is -3.00. The number of hydrogen-bond acceptors (Lipinski definition) is 5. The van der Waals surface area contributed by atoms with Gasteiger partial charge in [-0.05, 0) is 57.9 Å². The maximum absolute atomic E-state index is 11.8. The first kappa shape index (κ1) is 17.4. The highest BCUT2D eigenvalue weighted by atomic mass is 79.9. The van der Waals surface area contributed by atoms with Gasteiger partial charge in [0.05, 0.1) is 15.0 Å². The number of non-ortho nitro benzene ring substituents is 1. The third-order valence-corrected chi connectivity index (χ3v) is 3.52. The van der Waals surface area contributed by atoms with Gasteiger partial charge in [0.2, 0.25) is 0 Å². The summed E-state index contributed by atoms with van der Waals surface area (Å²) in [5.41, 5.74) is 0.609. The van der Waals surface area contributed by atoms with Crippen LogP contribution in [0, 0.1) is 10.1 Å². The maximum atomic E-state index is 11.8. The van der Waals surface area contributed by atoms with Crippen LogP contribution in [0.4, 0.5) is 5.69 Å². The minimum Gasteiger partial charge on any atom is -0.478 e. The first-order chi connectivity index (χ1) is 11.4. The number of esters is 1. The minimum absolute atomic E-state index is 0.0443. The molecule has 0 saturated carbocycles. The van der Waals surface area contributed by atoms with E-state index in [0.717, 1.165) is 0 Å². The molecule has 0 aromatic heterocycles. The number of carbonyl (C=O) groups excluding carboxylic acids is 1. The predicted molar refractivity (Wildman–Crippen MR) is 88.9 cm³/mol. The Labute approximate surface area is 144 Å². The lowest BCUT2D eigenvalue weighted by atomic mass is 10.2. The highest BCUT2D eigenvalue weighted by Gasteiger charge is 2.10. The Morgan fingerprint density at radius 2 is 1.83 bits per heavy atom. The number of rotatable bonds is 5. The second-order valence-corrected chi connectivity index (χ2v) is 5.41. The molecule has 0 radical (unpaired) electrons. The molecule has 0 aliphatic carbocycles. The van der Waals surface area contributed by atoms with Crippen molar-refractivity contribution in [1.29, 1.82) is 0 Å². The van der Waals surface area contributed by atoms with E-state index in [1.54, 1.807) is 0 Å². The van der Waals surface area contributed by atoms with Crippen molar-refractivity contribution in [1.82, 2.24) is 0 Å². The molecule has 0 fully saturated rings. The molecule has 0 heterocycles. The number of benzene rings is 2. The fraction of sp³-hybridized carbons (Fsp3) is 0. The lowest BCUT2D eigenvalue weighted by molar-refractivity contribution is -0.384. The van der Waals surface area contributed by atoms with Crippen molar-refractivity contribution in [3.8, 4) is 5.75 Å². The van der Waals surface area contributed by atoms with E-state index in [-0.39, 0.29) is 17.0 Å². The molecule has 0 atom stereocenters. The summed E-state index contributed by atoms with van der Waals surface area (Å²) in [6, 6.07) is 9.66. The van der Waals surface area contributed by atoms with Crippen LogP contribution in [0.3, 0.4) is 0 Å². The SMILES string of the molecule is O=C(/C=C/c1ccc([N+](=O)[O-])cc1)Oc1ccc(C(=O)O)cc1Br. The van der Waals surface area contributed by atoms with Gasteiger partial charge in [0, 0.05) is 18.2 Å². The molecule has 24 heavy (non-hydrogen) atoms. The summed E-state index contributed by atoms with van der Waals surface area (Å²) >= 11 is 3.13. The zero-order valence-electron chi connectivity index (χ0n) is 12.0. The molecule has 2 aromatic rings. The summed E-state index contributed by atoms with van der Waals surface area (Å²) in [6.45, 7) is 0. The summed E-state index contributed by atoms with van der Waals surface area (Å²) in [7, 11) is 0. The van der Waals surface area contributed by atoms with Crippen molar-refractivity contribution in [3.63, 3.8) is 0 Å². The quantitative estimate of drug-likeness (QED) is 0.274. The van der Waals surface area contributed by atoms with Crippen LogP contribution >= 0.6 is 15.9 Å². The van der Waals surface area contributed by atoms with Crippen LogP contribution in [0.2, 0.25) is 0 Å². The number of nitro benzene ring substituents is 1. The van der Waals surface area contributed by atoms with Gasteiger partial charge in [-0.2, -0.15) is 0 Å². The van der Waals surface area contributed by atoms with Crippen LogP contribution < -0.4 is 4.74 Å². The Morgan fingerprint density at radius 3 is 2.38 bits per heavy atom. The second kappa shape index (κ2) is 7.51. The maximum Gasteiger partial charge on any atom is 0.336 e. The second-order valence-electron chi connectivity index (χ2n) is 4.55. The van der Waals surface area contributed by atoms with Gasteiger partial charge in [0.25, 0.3) is 5.69 Å². The number of nitro groups is 1. The lowest BCUT2D eigenvalue weighted by Gasteiger charge is -2.05. The monoisotopic (exact) mass is 391 g/mol. The third-order valence-electron chi connectivity index (χ3n) is 2.91. The highest BCUT2D eigenvalue weighted by molar-refractivity contribution is 9.10. The first-order valence-electron chi connectivity index (χ1n) is 6.54. The van der Waals surface area contributed by atoms with Crippen LogP contribution in [0.25, 0.3) is 6.08 Å². The smallest absolute Gasteiger partial charge is 0.336 e. The van der Waals surface area contributed by atoms with Gasteiger partial charge in [-0.3, -0.25) is 10.1 Å². The summed E-state index contributed by atoms with van der Waals surface area (Å²) < 4.78 is 5.42. The zero-order chi connectivity index (χ0) is 17.7. The van der Waals surface area contributed by atoms with Gasteiger partial charge in [-0.15, -0.1) is 0 Å². The molecule has 0 aliphatic heterocycles. The Kier molecular flexibility index (Phi) is 5.43. The molecule has 0 unspecified atom stereocenters. The standard InChI is InChI=1S/C16H10BrNO6/c17-13-9-11(16(20)21)4-7-14(13)24-15(19)8-3-10-1-5-12(6-2-10)18(22)23/h1-9H,(H,20,21)/b8-3+. The van der Waals surface area contributed by atoms with Crippen LogP contribution in [0.1, 0.15) is 15.9 Å². The van der Waals surface area contributed by atoms with Gasteiger partial charge >= 0.3 is 11.9 Å². The predicted octanol–water partition coefficient (Wildman–Crippen LogP) is 3.67. The molecule has 0 amide bonds. The number of carboxylic acids is 1. The molecular formula is C16H10BrNO6. The third kappa shape index (κ3) is 4.50. The van der Waals surface area contributed by atoms with E-state index in [1.165, 1.54) is 54.6 Å². The van der Waals surface area contributed by atoms with Crippen molar-refractivity contribution in [3.05, 3.63) is 74.3 Å². The number of hydrogen-bond donors (Lipinski definition) is 1. The highest BCUT2D eigenvalue weighted by Crippen LogP contribution is 2.26. The topological polar surface area (TPSA) is 107 Å². The van der Waals surface area contributed by atoms with Gasteiger partial charge < -0.3 is 9.84 Å². The molecule has 0 aliphatic rings. The number of halogens is 1. The summed E-state index contributed by atoms with van der Waals surface area (Å²) in [6.07, 6.45) is 2.62. The van der Waals surface area contributed by atoms with E-state index in [9.17, 15) is 19.7 Å². The molecule has 1 N–H and O–H groups in total. The normalized spacial score (nSPS) is 10.5. The first-order valence-corrected chi connectivity index (χ1v) is 7.33. The average Bonchev–Trinajstić information content (AvgIpc) is 2.55. The van der Waals surface area contributed by atoms with Crippen molar-refractivity contribution < 1.29 is 24.4 Å². The van der Waals surface area contributed by atoms with E-state index in [1.807, 2.05) is 0 Å². The van der Waals surface area contributed by atoms with Crippen LogP contribution in [-0.4, -0.2) is 22.0 Å². The Balaban J connectivity index is 2.05. The van der Waals surface area contributed by atoms with Crippen molar-refractivity contribution in [2.24, 2.45) is 0 Å². The average molecular weight is 392 g/mol. The van der Waals surface area contributed by atoms with Crippen LogP contribution in [-0.2, 0) is 4.79 Å². The van der Waals surface area contributed by atoms with Gasteiger partial charge in [-0.25, -0.2) is 9.59 Å². The van der Waals surface area contributed by atoms with Crippen molar-refractivity contribution in [2.75, 3.05) is 0 Å². The largest absolute Gasteiger partial charge is 0.478 e. The number of aromatic carboxylic acids is 1. The van der Waals surface area contributed by atoms with Crippen molar-refractivity contribution in [2.45, 2.75) is 0 Å². The molecule has 0 bridgehead atoms. The molecule has 122 valence electrons. The van der Waals surface area contributed by atoms with Gasteiger partial charge in [-0.1, -0.05) is 0 Å². The fourth-order valence-corrected chi connectivity index (χ4v) is 2.19. The number of ether oxygens (including phenoxy) is 1. The molecule has 2 aromatic carbocycles. The minimum atomic E-state index is -1.09. The van der Waals surface area contributed by atoms with E-state index in [2.05, 4.69) is 15.9 Å². The van der Waals surface area contributed by atoms with E-state index >= 15 is 0 Å². The van der Waals surface area contributed by atoms with Crippen molar-refractivity contribution >= 4 is 39.6 Å². The lowest BCUT2D eigenvalue weighted by Crippen LogP contribution is -2.05. The number of nitrogens with zero attached hydrogens (tertiary/aromatic N) is 1. The number of carbonyl (C=O) groups is 2. The summed E-state index contributed by atoms with van der Waals surface area (Å²) in [5.74, 6) is -1.58. The molecule has 8 heteroatoms. The Bertz CT molecular complexity index is 829. The summed E-state index contributed by atoms with van der Waals surface area (Å²) in [4.78, 5) is 32.6. The van der Waals surface area contributed by atoms with Crippen LogP contribution in [0.5, 0.6) is 5.75 Å². The Morgan fingerprint density at radius 1 is 1.17 bits per heavy atom. The summed E-state index contributed by atoms with van der Waals surface area (Å²) in [5, 5.41) is 19.4. The number of carboxylic acid groups (broad SMARTS) is 1. The fourth-order valence-electron chi connectivity index (χ4n) is 1.73. The molecule has 2 rings (SSSR count). The van der Waals surface area contributed by atoms with Crippen LogP contribution in [0.15, 0.2) is 53.0 Å². The molecular weight excluding hydrogens is 382 g/mol.